The molecule has 17 heteroatoms. The van der Waals surface area contributed by atoms with Crippen molar-refractivity contribution in [3.63, 3.8) is 0 Å². The smallest absolute Gasteiger partial charge is 0.460 e. The first-order chi connectivity index (χ1) is 13.1. The lowest BCUT2D eigenvalue weighted by Gasteiger charge is -2.39. The summed E-state index contributed by atoms with van der Waals surface area (Å²) in [6.45, 7) is 0. The van der Waals surface area contributed by atoms with Gasteiger partial charge in [0.25, 0.3) is 0 Å². The summed E-state index contributed by atoms with van der Waals surface area (Å²) in [5.74, 6) is -43.0. The Labute approximate surface area is 156 Å². The normalized spacial score (nSPS) is 14.6. The molecule has 0 aliphatic heterocycles. The maximum absolute atomic E-state index is 13.6. The van der Waals surface area contributed by atoms with E-state index in [1.807, 2.05) is 0 Å². The molecule has 4 N–H and O–H groups in total. The van der Waals surface area contributed by atoms with Crippen LogP contribution >= 0.6 is 0 Å². The van der Waals surface area contributed by atoms with Crippen LogP contribution in [0, 0.1) is 0 Å². The average molecular weight is 470 g/mol. The number of nitrogens with one attached hydrogen (secondary N) is 1. The van der Waals surface area contributed by atoms with Crippen LogP contribution in [0.1, 0.15) is 0 Å². The molecule has 0 spiro atoms. The second-order valence-electron chi connectivity index (χ2n) is 5.60. The van der Waals surface area contributed by atoms with Crippen molar-refractivity contribution >= 4 is 17.3 Å². The number of phenolic OH excluding ortho intramolecular Hbond substituents is 1. The number of rotatable bonds is 6. The fraction of sp³-hybridized carbons (Fsp3) is 0.462. The van der Waals surface area contributed by atoms with Crippen LogP contribution in [0.25, 0.3) is 0 Å². The number of halogens is 13. The van der Waals surface area contributed by atoms with Gasteiger partial charge in [0.15, 0.2) is 0 Å². The number of aromatic hydroxyl groups is 1. The van der Waals surface area contributed by atoms with E-state index >= 15 is 0 Å². The summed E-state index contributed by atoms with van der Waals surface area (Å²) < 4.78 is 168. The van der Waals surface area contributed by atoms with Crippen LogP contribution in [0.3, 0.4) is 0 Å². The number of phenols is 1. The maximum Gasteiger partial charge on any atom is 0.460 e. The number of alkyl halides is 13. The second-order valence-corrected chi connectivity index (χ2v) is 5.60. The number of anilines is 2. The average Bonchev–Trinajstić information content (AvgIpc) is 2.56. The molecule has 0 fully saturated rings. The molecule has 172 valence electrons. The second kappa shape index (κ2) is 6.97. The zero-order chi connectivity index (χ0) is 24.1. The summed E-state index contributed by atoms with van der Waals surface area (Å²) in [5, 5.41) is 9.85. The molecule has 0 aromatic heterocycles. The van der Waals surface area contributed by atoms with E-state index in [2.05, 4.69) is 0 Å². The maximum atomic E-state index is 13.6. The van der Waals surface area contributed by atoms with Gasteiger partial charge in [-0.1, -0.05) is 0 Å². The van der Waals surface area contributed by atoms with Crippen molar-refractivity contribution in [3.8, 4) is 5.75 Å². The Kier molecular flexibility index (Phi) is 5.90. The summed E-state index contributed by atoms with van der Waals surface area (Å²) in [6.07, 6.45) is -7.54. The van der Waals surface area contributed by atoms with E-state index in [-0.39, 0.29) is 0 Å². The molecule has 30 heavy (non-hydrogen) atoms. The number of amides is 1. The van der Waals surface area contributed by atoms with Crippen molar-refractivity contribution in [3.05, 3.63) is 18.2 Å². The SMILES string of the molecule is Nc1cc(NC(=O)C(F)(F)C(F)(F)C(F)(F)C(F)(F)C(F)(F)C(F)(F)F)ccc1O. The minimum Gasteiger partial charge on any atom is -0.506 e. The molecule has 0 unspecified atom stereocenters. The quantitative estimate of drug-likeness (QED) is 0.245. The predicted octanol–water partition coefficient (Wildman–Crippen LogP) is 4.65. The summed E-state index contributed by atoms with van der Waals surface area (Å²) in [5.41, 5.74) is 3.40. The van der Waals surface area contributed by atoms with Gasteiger partial charge in [0.05, 0.1) is 5.69 Å². The number of nitrogens with two attached hydrogens (primary N) is 1. The molecule has 0 bridgehead atoms. The van der Waals surface area contributed by atoms with Gasteiger partial charge in [-0.05, 0) is 18.2 Å². The molecule has 0 saturated heterocycles. The summed E-state index contributed by atoms with van der Waals surface area (Å²) in [4.78, 5) is 11.3. The summed E-state index contributed by atoms with van der Waals surface area (Å²) in [6, 6.07) is 1.47. The predicted molar refractivity (Wildman–Crippen MR) is 71.9 cm³/mol. The van der Waals surface area contributed by atoms with E-state index in [1.165, 1.54) is 0 Å². The van der Waals surface area contributed by atoms with Crippen molar-refractivity contribution in [1.29, 1.82) is 0 Å². The number of carbonyl (C=O) groups is 1. The van der Waals surface area contributed by atoms with E-state index in [0.717, 1.165) is 5.32 Å². The molecule has 0 radical (unpaired) electrons. The number of nitrogen functional groups attached to an aromatic ring is 1. The molecule has 0 saturated carbocycles. The van der Waals surface area contributed by atoms with Gasteiger partial charge in [-0.2, -0.15) is 57.1 Å². The van der Waals surface area contributed by atoms with Crippen molar-refractivity contribution < 1.29 is 67.0 Å². The fourth-order valence-electron chi connectivity index (χ4n) is 1.75. The van der Waals surface area contributed by atoms with Crippen LogP contribution in [0.4, 0.5) is 68.5 Å². The van der Waals surface area contributed by atoms with E-state index < -0.39 is 58.8 Å². The van der Waals surface area contributed by atoms with Crippen LogP contribution in [-0.4, -0.2) is 46.8 Å². The third kappa shape index (κ3) is 3.53. The molecular formula is C13H7F13N2O2. The van der Waals surface area contributed by atoms with E-state index in [1.54, 1.807) is 0 Å². The number of hydrogen-bond donors (Lipinski definition) is 3. The molecule has 1 amide bonds. The number of carbonyl (C=O) groups excluding carboxylic acids is 1. The molecule has 0 aliphatic carbocycles. The Morgan fingerprint density at radius 3 is 1.60 bits per heavy atom. The van der Waals surface area contributed by atoms with Gasteiger partial charge in [-0.15, -0.1) is 0 Å². The molecule has 0 heterocycles. The van der Waals surface area contributed by atoms with Crippen LogP contribution < -0.4 is 11.1 Å². The Hall–Kier alpha value is -2.62. The van der Waals surface area contributed by atoms with Crippen LogP contribution in [0.15, 0.2) is 18.2 Å². The topological polar surface area (TPSA) is 75.3 Å². The monoisotopic (exact) mass is 470 g/mol. The van der Waals surface area contributed by atoms with E-state index in [4.69, 9.17) is 10.8 Å². The summed E-state index contributed by atoms with van der Waals surface area (Å²) >= 11 is 0. The lowest BCUT2D eigenvalue weighted by molar-refractivity contribution is -0.435. The van der Waals surface area contributed by atoms with Crippen molar-refractivity contribution in [2.24, 2.45) is 0 Å². The third-order valence-corrected chi connectivity index (χ3v) is 3.50. The van der Waals surface area contributed by atoms with E-state index in [0.29, 0.717) is 18.2 Å². The highest BCUT2D eigenvalue weighted by Crippen LogP contribution is 2.60. The molecule has 1 rings (SSSR count). The van der Waals surface area contributed by atoms with Gasteiger partial charge in [0.2, 0.25) is 0 Å². The van der Waals surface area contributed by atoms with Crippen molar-refractivity contribution in [2.45, 2.75) is 35.8 Å². The lowest BCUT2D eigenvalue weighted by Crippen LogP contribution is -2.71. The standard InChI is InChI=1S/C13H7F13N2O2/c14-8(15,7(30)28-4-1-2-6(29)5(27)3-4)9(16,17)10(18,19)11(20,21)12(22,23)13(24,25)26/h1-3,29H,27H2,(H,28,30). The zero-order valence-corrected chi connectivity index (χ0v) is 13.6. The summed E-state index contributed by atoms with van der Waals surface area (Å²) in [7, 11) is 0. The molecular weight excluding hydrogens is 463 g/mol. The Morgan fingerprint density at radius 1 is 0.767 bits per heavy atom. The van der Waals surface area contributed by atoms with Crippen LogP contribution in [-0.2, 0) is 4.79 Å². The molecule has 1 aromatic rings. The largest absolute Gasteiger partial charge is 0.506 e. The number of benzene rings is 1. The van der Waals surface area contributed by atoms with Gasteiger partial charge in [0.1, 0.15) is 5.75 Å². The minimum absolute atomic E-state index is 0.409. The van der Waals surface area contributed by atoms with E-state index in [9.17, 15) is 61.9 Å². The lowest BCUT2D eigenvalue weighted by atomic mass is 9.93. The Balaban J connectivity index is 3.40. The van der Waals surface area contributed by atoms with Crippen molar-refractivity contribution in [1.82, 2.24) is 0 Å². The Morgan fingerprint density at radius 2 is 1.20 bits per heavy atom. The van der Waals surface area contributed by atoms with Gasteiger partial charge in [-0.25, -0.2) is 0 Å². The first kappa shape index (κ1) is 25.4. The fourth-order valence-corrected chi connectivity index (χ4v) is 1.75. The molecule has 1 aromatic carbocycles. The number of hydrogen-bond acceptors (Lipinski definition) is 3. The highest BCUT2D eigenvalue weighted by Gasteiger charge is 2.91. The Bertz CT molecular complexity index is 820. The highest BCUT2D eigenvalue weighted by molar-refractivity contribution is 5.97. The highest BCUT2D eigenvalue weighted by atomic mass is 19.4. The molecule has 0 aliphatic rings. The minimum atomic E-state index is -8.10. The van der Waals surface area contributed by atoms with Crippen molar-refractivity contribution in [2.75, 3.05) is 11.1 Å². The molecule has 0 atom stereocenters. The van der Waals surface area contributed by atoms with Gasteiger partial charge in [-0.3, -0.25) is 4.79 Å². The van der Waals surface area contributed by atoms with Gasteiger partial charge < -0.3 is 16.2 Å². The van der Waals surface area contributed by atoms with Crippen LogP contribution in [0.2, 0.25) is 0 Å². The molecule has 4 nitrogen and oxygen atoms in total. The third-order valence-electron chi connectivity index (χ3n) is 3.50. The first-order valence-electron chi connectivity index (χ1n) is 6.91. The zero-order valence-electron chi connectivity index (χ0n) is 13.6. The van der Waals surface area contributed by atoms with Gasteiger partial charge >= 0.3 is 41.7 Å². The van der Waals surface area contributed by atoms with Crippen LogP contribution in [0.5, 0.6) is 5.75 Å². The first-order valence-corrected chi connectivity index (χ1v) is 6.91. The van der Waals surface area contributed by atoms with Gasteiger partial charge in [0, 0.05) is 5.69 Å².